The number of carbonyl (C=O) groups is 1. The molecule has 7 heteroatoms. The molecule has 0 aliphatic rings. The van der Waals surface area contributed by atoms with Gasteiger partial charge in [0.25, 0.3) is 5.91 Å². The maximum absolute atomic E-state index is 12.6. The number of carbonyl (C=O) groups excluding carboxylic acids is 1. The summed E-state index contributed by atoms with van der Waals surface area (Å²) in [6.45, 7) is 1.03. The lowest BCUT2D eigenvalue weighted by molar-refractivity contribution is 0.0952. The second-order valence-corrected chi connectivity index (χ2v) is 6.64. The lowest BCUT2D eigenvalue weighted by atomic mass is 10.2. The number of imidazole rings is 1. The van der Waals surface area contributed by atoms with E-state index < -0.39 is 0 Å². The van der Waals surface area contributed by atoms with Crippen LogP contribution in [0.3, 0.4) is 0 Å². The quantitative estimate of drug-likeness (QED) is 0.512. The van der Waals surface area contributed by atoms with Gasteiger partial charge in [-0.25, -0.2) is 4.98 Å². The number of nitrogens with one attached hydrogen (secondary N) is 1. The molecule has 0 saturated carbocycles. The molecule has 152 valence electrons. The van der Waals surface area contributed by atoms with E-state index in [0.717, 1.165) is 22.4 Å². The van der Waals surface area contributed by atoms with E-state index in [-0.39, 0.29) is 5.91 Å². The van der Waals surface area contributed by atoms with Crippen molar-refractivity contribution in [1.82, 2.24) is 19.9 Å². The normalized spacial score (nSPS) is 10.7. The zero-order chi connectivity index (χ0) is 20.9. The third kappa shape index (κ3) is 3.82. The minimum atomic E-state index is -0.175. The van der Waals surface area contributed by atoms with Gasteiger partial charge in [0.1, 0.15) is 5.82 Å². The molecule has 2 aromatic carbocycles. The number of hydrogen-bond acceptors (Lipinski definition) is 5. The van der Waals surface area contributed by atoms with Gasteiger partial charge in [0.15, 0.2) is 11.5 Å². The fourth-order valence-corrected chi connectivity index (χ4v) is 3.38. The van der Waals surface area contributed by atoms with Crippen LogP contribution in [0, 0.1) is 0 Å². The van der Waals surface area contributed by atoms with Crippen molar-refractivity contribution in [2.75, 3.05) is 20.8 Å². The standard InChI is InChI=1S/C23H22N4O3/c1-29-20-8-7-17(15-21(20)30-2)23(28)25-13-14-27-19-6-4-3-5-18(19)26-22(27)16-9-11-24-12-10-16/h3-12,15H,13-14H2,1-2H3,(H,25,28). The van der Waals surface area contributed by atoms with Crippen LogP contribution in [-0.4, -0.2) is 41.2 Å². The second kappa shape index (κ2) is 8.65. The molecular weight excluding hydrogens is 380 g/mol. The average Bonchev–Trinajstić information content (AvgIpc) is 3.17. The number of benzene rings is 2. The van der Waals surface area contributed by atoms with Gasteiger partial charge in [-0.2, -0.15) is 0 Å². The molecule has 0 aliphatic carbocycles. The minimum Gasteiger partial charge on any atom is -0.493 e. The van der Waals surface area contributed by atoms with Gasteiger partial charge in [0.05, 0.1) is 25.3 Å². The van der Waals surface area contributed by atoms with Crippen molar-refractivity contribution < 1.29 is 14.3 Å². The molecule has 0 unspecified atom stereocenters. The van der Waals surface area contributed by atoms with Crippen molar-refractivity contribution in [2.24, 2.45) is 0 Å². The van der Waals surface area contributed by atoms with Gasteiger partial charge in [-0.05, 0) is 42.5 Å². The van der Waals surface area contributed by atoms with Crippen LogP contribution < -0.4 is 14.8 Å². The number of pyridine rings is 1. The van der Waals surface area contributed by atoms with E-state index in [0.29, 0.717) is 30.2 Å². The van der Waals surface area contributed by atoms with E-state index >= 15 is 0 Å². The first-order chi connectivity index (χ1) is 14.7. The lowest BCUT2D eigenvalue weighted by Crippen LogP contribution is -2.27. The molecule has 0 aliphatic heterocycles. The van der Waals surface area contributed by atoms with E-state index in [4.69, 9.17) is 14.5 Å². The van der Waals surface area contributed by atoms with Gasteiger partial charge in [-0.3, -0.25) is 9.78 Å². The smallest absolute Gasteiger partial charge is 0.251 e. The van der Waals surface area contributed by atoms with Crippen molar-refractivity contribution in [1.29, 1.82) is 0 Å². The number of aromatic nitrogens is 3. The van der Waals surface area contributed by atoms with E-state index in [2.05, 4.69) is 14.9 Å². The van der Waals surface area contributed by atoms with Crippen molar-refractivity contribution in [3.8, 4) is 22.9 Å². The number of fused-ring (bicyclic) bond motifs is 1. The van der Waals surface area contributed by atoms with Crippen LogP contribution in [0.1, 0.15) is 10.4 Å². The number of rotatable bonds is 7. The summed E-state index contributed by atoms with van der Waals surface area (Å²) in [5.74, 6) is 1.77. The van der Waals surface area contributed by atoms with Gasteiger partial charge in [-0.1, -0.05) is 12.1 Å². The molecule has 1 N–H and O–H groups in total. The van der Waals surface area contributed by atoms with Crippen LogP contribution in [0.25, 0.3) is 22.4 Å². The number of hydrogen-bond donors (Lipinski definition) is 1. The van der Waals surface area contributed by atoms with Crippen molar-refractivity contribution in [3.63, 3.8) is 0 Å². The summed E-state index contributed by atoms with van der Waals surface area (Å²) in [5, 5.41) is 2.97. The Hall–Kier alpha value is -3.87. The Morgan fingerprint density at radius 2 is 1.77 bits per heavy atom. The molecule has 4 aromatic rings. The Morgan fingerprint density at radius 1 is 1.00 bits per heavy atom. The summed E-state index contributed by atoms with van der Waals surface area (Å²) in [7, 11) is 3.11. The van der Waals surface area contributed by atoms with E-state index in [1.165, 1.54) is 0 Å². The number of nitrogens with zero attached hydrogens (tertiary/aromatic N) is 3. The first kappa shape index (κ1) is 19.4. The zero-order valence-electron chi connectivity index (χ0n) is 16.8. The lowest BCUT2D eigenvalue weighted by Gasteiger charge is -2.12. The molecule has 0 spiro atoms. The molecule has 0 bridgehead atoms. The molecule has 2 heterocycles. The molecule has 2 aromatic heterocycles. The summed E-state index contributed by atoms with van der Waals surface area (Å²) in [6.07, 6.45) is 3.50. The summed E-state index contributed by atoms with van der Waals surface area (Å²) in [5.41, 5.74) is 3.42. The van der Waals surface area contributed by atoms with Gasteiger partial charge in [-0.15, -0.1) is 0 Å². The van der Waals surface area contributed by atoms with E-state index in [9.17, 15) is 4.79 Å². The van der Waals surface area contributed by atoms with Crippen LogP contribution in [-0.2, 0) is 6.54 Å². The highest BCUT2D eigenvalue weighted by Crippen LogP contribution is 2.27. The van der Waals surface area contributed by atoms with Crippen LogP contribution >= 0.6 is 0 Å². The minimum absolute atomic E-state index is 0.175. The molecule has 0 saturated heterocycles. The Morgan fingerprint density at radius 3 is 2.53 bits per heavy atom. The maximum Gasteiger partial charge on any atom is 0.251 e. The van der Waals surface area contributed by atoms with Gasteiger partial charge >= 0.3 is 0 Å². The second-order valence-electron chi connectivity index (χ2n) is 6.64. The van der Waals surface area contributed by atoms with Crippen molar-refractivity contribution in [3.05, 3.63) is 72.6 Å². The Kier molecular flexibility index (Phi) is 5.61. The van der Waals surface area contributed by atoms with Crippen LogP contribution in [0.2, 0.25) is 0 Å². The monoisotopic (exact) mass is 402 g/mol. The molecule has 1 amide bonds. The van der Waals surface area contributed by atoms with Gasteiger partial charge < -0.3 is 19.4 Å². The third-order valence-electron chi connectivity index (χ3n) is 4.86. The first-order valence-corrected chi connectivity index (χ1v) is 9.57. The van der Waals surface area contributed by atoms with Gasteiger partial charge in [0, 0.05) is 36.6 Å². The number of ether oxygens (including phenoxy) is 2. The highest BCUT2D eigenvalue weighted by molar-refractivity contribution is 5.94. The molecule has 7 nitrogen and oxygen atoms in total. The first-order valence-electron chi connectivity index (χ1n) is 9.57. The summed E-state index contributed by atoms with van der Waals surface area (Å²) < 4.78 is 12.6. The van der Waals surface area contributed by atoms with Crippen molar-refractivity contribution in [2.45, 2.75) is 6.54 Å². The highest BCUT2D eigenvalue weighted by atomic mass is 16.5. The molecule has 0 fully saturated rings. The summed E-state index contributed by atoms with van der Waals surface area (Å²) in [6, 6.07) is 16.9. The van der Waals surface area contributed by atoms with Gasteiger partial charge in [0.2, 0.25) is 0 Å². The Labute approximate surface area is 174 Å². The number of amides is 1. The predicted molar refractivity (Wildman–Crippen MR) is 115 cm³/mol. The molecular formula is C23H22N4O3. The number of para-hydroxylation sites is 2. The maximum atomic E-state index is 12.6. The SMILES string of the molecule is COc1ccc(C(=O)NCCn2c(-c3ccncc3)nc3ccccc32)cc1OC. The largest absolute Gasteiger partial charge is 0.493 e. The highest BCUT2D eigenvalue weighted by Gasteiger charge is 2.14. The Balaban J connectivity index is 1.54. The fraction of sp³-hybridized carbons (Fsp3) is 0.174. The zero-order valence-corrected chi connectivity index (χ0v) is 16.8. The van der Waals surface area contributed by atoms with E-state index in [1.54, 1.807) is 44.8 Å². The number of methoxy groups -OCH3 is 2. The van der Waals surface area contributed by atoms with E-state index in [1.807, 2.05) is 36.4 Å². The molecule has 0 atom stereocenters. The fourth-order valence-electron chi connectivity index (χ4n) is 3.38. The Bertz CT molecular complexity index is 1170. The molecule has 0 radical (unpaired) electrons. The molecule has 4 rings (SSSR count). The van der Waals surface area contributed by atoms with Crippen LogP contribution in [0.4, 0.5) is 0 Å². The third-order valence-corrected chi connectivity index (χ3v) is 4.86. The molecule has 30 heavy (non-hydrogen) atoms. The average molecular weight is 402 g/mol. The topological polar surface area (TPSA) is 78.3 Å². The summed E-state index contributed by atoms with van der Waals surface area (Å²) in [4.78, 5) is 21.5. The summed E-state index contributed by atoms with van der Waals surface area (Å²) >= 11 is 0. The predicted octanol–water partition coefficient (Wildman–Crippen LogP) is 3.55. The van der Waals surface area contributed by atoms with Crippen LogP contribution in [0.15, 0.2) is 67.0 Å². The van der Waals surface area contributed by atoms with Crippen molar-refractivity contribution >= 4 is 16.9 Å². The van der Waals surface area contributed by atoms with Crippen LogP contribution in [0.5, 0.6) is 11.5 Å².